The van der Waals surface area contributed by atoms with Gasteiger partial charge in [0, 0.05) is 24.9 Å². The van der Waals surface area contributed by atoms with Crippen LogP contribution >= 0.6 is 0 Å². The van der Waals surface area contributed by atoms with Crippen LogP contribution in [0.25, 0.3) is 0 Å². The highest BCUT2D eigenvalue weighted by Gasteiger charge is 2.15. The highest BCUT2D eigenvalue weighted by Crippen LogP contribution is 2.17. The molecule has 0 amide bonds. The van der Waals surface area contributed by atoms with Crippen LogP contribution < -0.4 is 0 Å². The molecule has 1 aromatic rings. The summed E-state index contributed by atoms with van der Waals surface area (Å²) in [5.74, 6) is 0. The number of nitrogens with zero attached hydrogens (tertiary/aromatic N) is 4. The van der Waals surface area contributed by atoms with Crippen LogP contribution in [0.15, 0.2) is 57.7 Å². The van der Waals surface area contributed by atoms with Gasteiger partial charge in [-0.1, -0.05) is 30.3 Å². The normalized spacial score (nSPS) is 16.4. The monoisotopic (exact) mass is 228 g/mol. The van der Waals surface area contributed by atoms with Crippen molar-refractivity contribution in [3.63, 3.8) is 0 Å². The summed E-state index contributed by atoms with van der Waals surface area (Å²) in [4.78, 5) is 2.18. The van der Waals surface area contributed by atoms with E-state index in [9.17, 15) is 0 Å². The predicted molar refractivity (Wildman–Crippen MR) is 68.8 cm³/mol. The topological polar surface area (TPSA) is 40.3 Å². The second-order valence-electron chi connectivity index (χ2n) is 3.74. The second kappa shape index (κ2) is 5.39. The van der Waals surface area contributed by atoms with E-state index in [1.54, 1.807) is 0 Å². The molecule has 0 unspecified atom stereocenters. The molecule has 0 aliphatic carbocycles. The molecule has 0 saturated heterocycles. The van der Waals surface area contributed by atoms with Crippen molar-refractivity contribution in [3.05, 3.63) is 47.8 Å². The van der Waals surface area contributed by atoms with Gasteiger partial charge in [-0.15, -0.1) is 10.2 Å². The van der Waals surface area contributed by atoms with E-state index in [1.165, 1.54) is 0 Å². The van der Waals surface area contributed by atoms with Crippen LogP contribution in [0.3, 0.4) is 0 Å². The van der Waals surface area contributed by atoms with Gasteiger partial charge in [0.05, 0.1) is 0 Å². The minimum absolute atomic E-state index is 0.833. The first-order valence-corrected chi connectivity index (χ1v) is 5.85. The molecule has 17 heavy (non-hydrogen) atoms. The molecule has 1 heterocycles. The molecule has 2 rings (SSSR count). The molecule has 1 aromatic carbocycles. The van der Waals surface area contributed by atoms with E-state index in [4.69, 9.17) is 0 Å². The number of rotatable bonds is 4. The third kappa shape index (κ3) is 2.58. The van der Waals surface area contributed by atoms with Crippen LogP contribution in [-0.2, 0) is 0 Å². The molecular weight excluding hydrogens is 212 g/mol. The van der Waals surface area contributed by atoms with E-state index in [2.05, 4.69) is 34.2 Å². The average molecular weight is 228 g/mol. The van der Waals surface area contributed by atoms with Gasteiger partial charge >= 0.3 is 0 Å². The summed E-state index contributed by atoms with van der Waals surface area (Å²) in [6, 6.07) is 10.0. The zero-order valence-electron chi connectivity index (χ0n) is 10.2. The first-order valence-electron chi connectivity index (χ1n) is 5.85. The second-order valence-corrected chi connectivity index (χ2v) is 3.74. The van der Waals surface area contributed by atoms with Crippen molar-refractivity contribution in [1.29, 1.82) is 0 Å². The first kappa shape index (κ1) is 11.5. The van der Waals surface area contributed by atoms with Gasteiger partial charge in [-0.2, -0.15) is 0 Å². The third-order valence-corrected chi connectivity index (χ3v) is 2.70. The van der Waals surface area contributed by atoms with Crippen molar-refractivity contribution in [1.82, 2.24) is 4.90 Å². The van der Waals surface area contributed by atoms with E-state index in [-0.39, 0.29) is 0 Å². The van der Waals surface area contributed by atoms with E-state index < -0.39 is 0 Å². The van der Waals surface area contributed by atoms with E-state index in [1.807, 2.05) is 36.5 Å². The van der Waals surface area contributed by atoms with Crippen LogP contribution in [0.4, 0.5) is 0 Å². The van der Waals surface area contributed by atoms with Gasteiger partial charge < -0.3 is 4.90 Å². The van der Waals surface area contributed by atoms with Crippen molar-refractivity contribution in [3.8, 4) is 0 Å². The molecule has 0 saturated carbocycles. The Hall–Kier alpha value is -1.97. The Morgan fingerprint density at radius 1 is 1.12 bits per heavy atom. The maximum Gasteiger partial charge on any atom is 0.131 e. The van der Waals surface area contributed by atoms with Crippen molar-refractivity contribution in [2.75, 3.05) is 13.1 Å². The van der Waals surface area contributed by atoms with Crippen molar-refractivity contribution >= 4 is 5.71 Å². The Balaban J connectivity index is 2.26. The molecule has 0 bridgehead atoms. The lowest BCUT2D eigenvalue weighted by Crippen LogP contribution is -2.17. The Morgan fingerprint density at radius 3 is 2.47 bits per heavy atom. The molecule has 1 aliphatic rings. The van der Waals surface area contributed by atoms with Crippen LogP contribution in [0, 0.1) is 0 Å². The molecule has 0 fully saturated rings. The fraction of sp³-hybridized carbons (Fsp3) is 0.308. The smallest absolute Gasteiger partial charge is 0.131 e. The highest BCUT2D eigenvalue weighted by atomic mass is 15.4. The Kier molecular flexibility index (Phi) is 3.65. The van der Waals surface area contributed by atoms with Gasteiger partial charge in [-0.3, -0.25) is 0 Å². The van der Waals surface area contributed by atoms with Crippen LogP contribution in [-0.4, -0.2) is 23.7 Å². The fourth-order valence-electron chi connectivity index (χ4n) is 1.68. The predicted octanol–water partition coefficient (Wildman–Crippen LogP) is 3.04. The molecule has 0 aromatic heterocycles. The maximum absolute atomic E-state index is 4.09. The summed E-state index contributed by atoms with van der Waals surface area (Å²) in [5.41, 5.74) is 2.73. The van der Waals surface area contributed by atoms with Gasteiger partial charge in [0.2, 0.25) is 0 Å². The van der Waals surface area contributed by atoms with Gasteiger partial charge in [-0.05, 0) is 19.1 Å². The molecule has 0 spiro atoms. The zero-order valence-corrected chi connectivity index (χ0v) is 10.2. The molecule has 88 valence electrons. The first-order chi connectivity index (χ1) is 8.35. The molecule has 4 nitrogen and oxygen atoms in total. The molecule has 0 N–H and O–H groups in total. The van der Waals surface area contributed by atoms with E-state index in [0.717, 1.165) is 30.1 Å². The Bertz CT molecular complexity index is 456. The molecule has 0 radical (unpaired) electrons. The lowest BCUT2D eigenvalue weighted by Gasteiger charge is -2.15. The highest BCUT2D eigenvalue weighted by molar-refractivity contribution is 6.12. The third-order valence-electron chi connectivity index (χ3n) is 2.70. The summed E-state index contributed by atoms with van der Waals surface area (Å²) in [7, 11) is 0. The fourth-order valence-corrected chi connectivity index (χ4v) is 1.68. The molecule has 4 heteroatoms. The number of hydrogen-bond donors (Lipinski definition) is 0. The average Bonchev–Trinajstić information content (AvgIpc) is 2.85. The number of benzene rings is 1. The Labute approximate surface area is 101 Å². The zero-order chi connectivity index (χ0) is 12.1. The standard InChI is InChI=1S/C13H16N4/c1-3-17(4-2)10-12-13(15-16-14-12)11-8-6-5-7-9-11/h5-10H,3-4H2,1-2H3. The van der Waals surface area contributed by atoms with E-state index >= 15 is 0 Å². The van der Waals surface area contributed by atoms with Gasteiger partial charge in [0.1, 0.15) is 11.4 Å². The van der Waals surface area contributed by atoms with E-state index in [0.29, 0.717) is 0 Å². The minimum atomic E-state index is 0.833. The van der Waals surface area contributed by atoms with Crippen molar-refractivity contribution in [2.24, 2.45) is 15.4 Å². The lowest BCUT2D eigenvalue weighted by atomic mass is 10.1. The number of allylic oxidation sites excluding steroid dienone is 1. The summed E-state index contributed by atoms with van der Waals surface area (Å²) >= 11 is 0. The summed E-state index contributed by atoms with van der Waals surface area (Å²) in [6.45, 7) is 6.15. The minimum Gasteiger partial charge on any atom is -0.376 e. The summed E-state index contributed by atoms with van der Waals surface area (Å²) < 4.78 is 0. The molecule has 1 aliphatic heterocycles. The largest absolute Gasteiger partial charge is 0.376 e. The van der Waals surface area contributed by atoms with Crippen LogP contribution in [0.5, 0.6) is 0 Å². The number of hydrogen-bond acceptors (Lipinski definition) is 4. The van der Waals surface area contributed by atoms with Crippen molar-refractivity contribution in [2.45, 2.75) is 13.8 Å². The summed E-state index contributed by atoms with van der Waals surface area (Å²) in [5, 5.41) is 11.9. The summed E-state index contributed by atoms with van der Waals surface area (Å²) in [6.07, 6.45) is 2.02. The Morgan fingerprint density at radius 2 is 1.82 bits per heavy atom. The van der Waals surface area contributed by atoms with Gasteiger partial charge in [0.25, 0.3) is 0 Å². The SMILES string of the molecule is CCN(C=C1N=NN=C1c1ccccc1)CC. The van der Waals surface area contributed by atoms with Crippen molar-refractivity contribution < 1.29 is 0 Å². The maximum atomic E-state index is 4.09. The van der Waals surface area contributed by atoms with Crippen LogP contribution in [0.2, 0.25) is 0 Å². The quantitative estimate of drug-likeness (QED) is 0.780. The molecular formula is C13H16N4. The van der Waals surface area contributed by atoms with Gasteiger partial charge in [-0.25, -0.2) is 0 Å². The van der Waals surface area contributed by atoms with Crippen LogP contribution in [0.1, 0.15) is 19.4 Å². The molecule has 0 atom stereocenters. The lowest BCUT2D eigenvalue weighted by molar-refractivity contribution is 0.416. The van der Waals surface area contributed by atoms with Gasteiger partial charge in [0.15, 0.2) is 0 Å².